The fraction of sp³-hybridized carbons (Fsp3) is 0.125. The third-order valence-corrected chi connectivity index (χ3v) is 2.88. The summed E-state index contributed by atoms with van der Waals surface area (Å²) in [5.74, 6) is 5.84. The van der Waals surface area contributed by atoms with Gasteiger partial charge in [0.15, 0.2) is 0 Å². The molecule has 0 aliphatic rings. The van der Waals surface area contributed by atoms with E-state index < -0.39 is 5.60 Å². The van der Waals surface area contributed by atoms with Crippen molar-refractivity contribution < 1.29 is 5.11 Å². The van der Waals surface area contributed by atoms with Crippen molar-refractivity contribution in [3.63, 3.8) is 0 Å². The van der Waals surface area contributed by atoms with Crippen LogP contribution in [0.4, 0.5) is 0 Å². The molecule has 18 heavy (non-hydrogen) atoms. The number of aliphatic hydroxyl groups is 1. The van der Waals surface area contributed by atoms with E-state index in [0.29, 0.717) is 5.02 Å². The molecule has 1 atom stereocenters. The molecule has 2 aromatic carbocycles. The Kier molecular flexibility index (Phi) is 3.72. The summed E-state index contributed by atoms with van der Waals surface area (Å²) in [4.78, 5) is 0. The largest absolute Gasteiger partial charge is 0.374 e. The fourth-order valence-electron chi connectivity index (χ4n) is 1.56. The third-order valence-electron chi connectivity index (χ3n) is 2.63. The first-order valence-corrected chi connectivity index (χ1v) is 6.02. The highest BCUT2D eigenvalue weighted by Crippen LogP contribution is 2.21. The Morgan fingerprint density at radius 3 is 2.22 bits per heavy atom. The maximum atomic E-state index is 10.3. The van der Waals surface area contributed by atoms with E-state index in [1.54, 1.807) is 31.2 Å². The fourth-order valence-corrected chi connectivity index (χ4v) is 1.69. The Morgan fingerprint density at radius 1 is 1.00 bits per heavy atom. The van der Waals surface area contributed by atoms with Gasteiger partial charge < -0.3 is 5.11 Å². The number of benzene rings is 2. The number of hydrogen-bond donors (Lipinski definition) is 1. The number of rotatable bonds is 1. The van der Waals surface area contributed by atoms with Gasteiger partial charge >= 0.3 is 0 Å². The van der Waals surface area contributed by atoms with Crippen molar-refractivity contribution in [2.45, 2.75) is 12.5 Å². The van der Waals surface area contributed by atoms with Gasteiger partial charge in [0.2, 0.25) is 0 Å². The second-order valence-electron chi connectivity index (χ2n) is 4.20. The van der Waals surface area contributed by atoms with E-state index in [2.05, 4.69) is 11.8 Å². The van der Waals surface area contributed by atoms with Crippen molar-refractivity contribution in [1.29, 1.82) is 0 Å². The van der Waals surface area contributed by atoms with E-state index in [-0.39, 0.29) is 0 Å². The first-order chi connectivity index (χ1) is 8.58. The summed E-state index contributed by atoms with van der Waals surface area (Å²) in [6.07, 6.45) is 0. The smallest absolute Gasteiger partial charge is 0.148 e. The molecule has 0 radical (unpaired) electrons. The van der Waals surface area contributed by atoms with E-state index in [4.69, 9.17) is 11.6 Å². The summed E-state index contributed by atoms with van der Waals surface area (Å²) in [6.45, 7) is 1.67. The molecule has 2 heteroatoms. The van der Waals surface area contributed by atoms with Crippen molar-refractivity contribution in [2.75, 3.05) is 0 Å². The molecule has 0 bridgehead atoms. The Hall–Kier alpha value is -1.75. The Balaban J connectivity index is 2.27. The molecule has 0 saturated carbocycles. The zero-order chi connectivity index (χ0) is 13.0. The van der Waals surface area contributed by atoms with Gasteiger partial charge in [0.05, 0.1) is 0 Å². The van der Waals surface area contributed by atoms with Crippen LogP contribution >= 0.6 is 11.6 Å². The van der Waals surface area contributed by atoms with Crippen LogP contribution in [0.2, 0.25) is 5.02 Å². The van der Waals surface area contributed by atoms with E-state index in [1.807, 2.05) is 30.3 Å². The normalized spacial score (nSPS) is 13.3. The molecule has 90 valence electrons. The Morgan fingerprint density at radius 2 is 1.61 bits per heavy atom. The minimum absolute atomic E-state index is 0.644. The predicted molar refractivity (Wildman–Crippen MR) is 74.3 cm³/mol. The van der Waals surface area contributed by atoms with Crippen molar-refractivity contribution in [2.24, 2.45) is 0 Å². The molecule has 2 rings (SSSR count). The van der Waals surface area contributed by atoms with Gasteiger partial charge in [-0.1, -0.05) is 53.8 Å². The summed E-state index contributed by atoms with van der Waals surface area (Å²) in [7, 11) is 0. The minimum Gasteiger partial charge on any atom is -0.374 e. The van der Waals surface area contributed by atoms with Crippen LogP contribution in [-0.4, -0.2) is 5.11 Å². The Bertz CT molecular complexity index is 574. The Labute approximate surface area is 112 Å². The molecule has 2 aromatic rings. The zero-order valence-electron chi connectivity index (χ0n) is 10.0. The van der Waals surface area contributed by atoms with E-state index in [1.165, 1.54) is 0 Å². The topological polar surface area (TPSA) is 20.2 Å². The second kappa shape index (κ2) is 5.27. The average molecular weight is 257 g/mol. The van der Waals surface area contributed by atoms with Gasteiger partial charge in [-0.15, -0.1) is 0 Å². The number of hydrogen-bond acceptors (Lipinski definition) is 1. The van der Waals surface area contributed by atoms with Crippen LogP contribution in [0.5, 0.6) is 0 Å². The molecule has 0 heterocycles. The molecule has 0 aliphatic carbocycles. The van der Waals surface area contributed by atoms with Crippen LogP contribution in [0.3, 0.4) is 0 Å². The van der Waals surface area contributed by atoms with Gasteiger partial charge in [-0.05, 0) is 36.8 Å². The van der Waals surface area contributed by atoms with Gasteiger partial charge in [-0.3, -0.25) is 0 Å². The van der Waals surface area contributed by atoms with Crippen molar-refractivity contribution in [1.82, 2.24) is 0 Å². The van der Waals surface area contributed by atoms with Gasteiger partial charge in [0.25, 0.3) is 0 Å². The lowest BCUT2D eigenvalue weighted by Crippen LogP contribution is -2.18. The molecule has 0 saturated heterocycles. The highest BCUT2D eigenvalue weighted by atomic mass is 35.5. The standard InChI is InChI=1S/C16H13ClO/c1-16(18,14-7-9-15(17)10-8-14)12-11-13-5-3-2-4-6-13/h2-10,18H,1H3/t16-/m1/s1. The molecule has 0 aliphatic heterocycles. The quantitative estimate of drug-likeness (QED) is 0.773. The maximum absolute atomic E-state index is 10.3. The van der Waals surface area contributed by atoms with E-state index >= 15 is 0 Å². The van der Waals surface area contributed by atoms with Crippen LogP contribution in [0, 0.1) is 11.8 Å². The predicted octanol–water partition coefficient (Wildman–Crippen LogP) is 3.60. The first kappa shape index (κ1) is 12.7. The molecule has 0 spiro atoms. The second-order valence-corrected chi connectivity index (χ2v) is 4.63. The molecule has 0 amide bonds. The lowest BCUT2D eigenvalue weighted by molar-refractivity contribution is 0.122. The lowest BCUT2D eigenvalue weighted by atomic mass is 9.96. The number of halogens is 1. The molecule has 0 unspecified atom stereocenters. The summed E-state index contributed by atoms with van der Waals surface area (Å²) in [5.41, 5.74) is 0.433. The summed E-state index contributed by atoms with van der Waals surface area (Å²) in [5, 5.41) is 11.0. The minimum atomic E-state index is -1.18. The highest BCUT2D eigenvalue weighted by molar-refractivity contribution is 6.30. The van der Waals surface area contributed by atoms with Gasteiger partial charge in [0, 0.05) is 10.6 Å². The maximum Gasteiger partial charge on any atom is 0.148 e. The molecule has 0 aromatic heterocycles. The van der Waals surface area contributed by atoms with E-state index in [9.17, 15) is 5.11 Å². The third kappa shape index (κ3) is 3.13. The van der Waals surface area contributed by atoms with Crippen LogP contribution in [-0.2, 0) is 5.60 Å². The van der Waals surface area contributed by atoms with Crippen molar-refractivity contribution >= 4 is 11.6 Å². The monoisotopic (exact) mass is 256 g/mol. The van der Waals surface area contributed by atoms with Crippen LogP contribution in [0.25, 0.3) is 0 Å². The molecule has 1 N–H and O–H groups in total. The summed E-state index contributed by atoms with van der Waals surface area (Å²) < 4.78 is 0. The molecule has 1 nitrogen and oxygen atoms in total. The van der Waals surface area contributed by atoms with Gasteiger partial charge in [-0.25, -0.2) is 0 Å². The lowest BCUT2D eigenvalue weighted by Gasteiger charge is -2.16. The van der Waals surface area contributed by atoms with Crippen molar-refractivity contribution in [3.05, 3.63) is 70.7 Å². The molecule has 0 fully saturated rings. The van der Waals surface area contributed by atoms with Gasteiger partial charge in [-0.2, -0.15) is 0 Å². The van der Waals surface area contributed by atoms with Crippen LogP contribution in [0.1, 0.15) is 18.1 Å². The van der Waals surface area contributed by atoms with Crippen LogP contribution < -0.4 is 0 Å². The highest BCUT2D eigenvalue weighted by Gasteiger charge is 2.19. The molecular formula is C16H13ClO. The average Bonchev–Trinajstić information content (AvgIpc) is 2.38. The van der Waals surface area contributed by atoms with Gasteiger partial charge in [0.1, 0.15) is 5.60 Å². The van der Waals surface area contributed by atoms with Crippen LogP contribution in [0.15, 0.2) is 54.6 Å². The SMILES string of the molecule is C[C@@](O)(C#Cc1ccccc1)c1ccc(Cl)cc1. The van der Waals surface area contributed by atoms with E-state index in [0.717, 1.165) is 11.1 Å². The zero-order valence-corrected chi connectivity index (χ0v) is 10.8. The van der Waals surface area contributed by atoms with Crippen molar-refractivity contribution in [3.8, 4) is 11.8 Å². The summed E-state index contributed by atoms with van der Waals surface area (Å²) >= 11 is 5.82. The summed E-state index contributed by atoms with van der Waals surface area (Å²) in [6, 6.07) is 16.6. The first-order valence-electron chi connectivity index (χ1n) is 5.64. The molecular weight excluding hydrogens is 244 g/mol.